The highest BCUT2D eigenvalue weighted by Crippen LogP contribution is 2.31. The van der Waals surface area contributed by atoms with E-state index in [2.05, 4.69) is 4.98 Å². The summed E-state index contributed by atoms with van der Waals surface area (Å²) in [6.07, 6.45) is 4.74. The van der Waals surface area contributed by atoms with E-state index in [4.69, 9.17) is 13.9 Å². The SMILES string of the molecule is COc1cccc(Cc2cnc([C@H]3CCCCN3C(=O)COc3ccc(F)cc3F)o2)c1. The van der Waals surface area contributed by atoms with Crippen LogP contribution in [0.5, 0.6) is 11.5 Å². The van der Waals surface area contributed by atoms with Crippen LogP contribution in [-0.4, -0.2) is 36.1 Å². The monoisotopic (exact) mass is 442 g/mol. The van der Waals surface area contributed by atoms with Crippen molar-refractivity contribution in [3.63, 3.8) is 0 Å². The van der Waals surface area contributed by atoms with Gasteiger partial charge in [-0.05, 0) is 49.1 Å². The van der Waals surface area contributed by atoms with Crippen LogP contribution in [-0.2, 0) is 11.2 Å². The van der Waals surface area contributed by atoms with E-state index in [1.54, 1.807) is 18.2 Å². The Hall–Kier alpha value is -3.42. The highest BCUT2D eigenvalue weighted by Gasteiger charge is 2.31. The van der Waals surface area contributed by atoms with Gasteiger partial charge in [0, 0.05) is 19.0 Å². The summed E-state index contributed by atoms with van der Waals surface area (Å²) >= 11 is 0. The number of nitrogens with zero attached hydrogens (tertiary/aromatic N) is 2. The fourth-order valence-electron chi connectivity index (χ4n) is 3.84. The first-order valence-electron chi connectivity index (χ1n) is 10.5. The lowest BCUT2D eigenvalue weighted by Crippen LogP contribution is -2.41. The fourth-order valence-corrected chi connectivity index (χ4v) is 3.84. The molecule has 168 valence electrons. The van der Waals surface area contributed by atoms with Gasteiger partial charge in [-0.3, -0.25) is 4.79 Å². The average molecular weight is 442 g/mol. The molecule has 1 amide bonds. The Bertz CT molecular complexity index is 1090. The van der Waals surface area contributed by atoms with Gasteiger partial charge in [0.2, 0.25) is 5.89 Å². The first-order valence-corrected chi connectivity index (χ1v) is 10.5. The van der Waals surface area contributed by atoms with Gasteiger partial charge in [0.25, 0.3) is 5.91 Å². The quantitative estimate of drug-likeness (QED) is 0.531. The summed E-state index contributed by atoms with van der Waals surface area (Å²) in [5.74, 6) is -0.0755. The van der Waals surface area contributed by atoms with E-state index in [-0.39, 0.29) is 24.3 Å². The number of carbonyl (C=O) groups is 1. The zero-order chi connectivity index (χ0) is 22.5. The van der Waals surface area contributed by atoms with Crippen LogP contribution in [0, 0.1) is 11.6 Å². The lowest BCUT2D eigenvalue weighted by atomic mass is 10.0. The van der Waals surface area contributed by atoms with Crippen molar-refractivity contribution in [1.29, 1.82) is 0 Å². The summed E-state index contributed by atoms with van der Waals surface area (Å²) in [7, 11) is 1.62. The molecule has 0 unspecified atom stereocenters. The topological polar surface area (TPSA) is 64.8 Å². The second kappa shape index (κ2) is 9.80. The third kappa shape index (κ3) is 5.07. The molecule has 1 atom stereocenters. The van der Waals surface area contributed by atoms with Gasteiger partial charge >= 0.3 is 0 Å². The van der Waals surface area contributed by atoms with Crippen LogP contribution < -0.4 is 9.47 Å². The lowest BCUT2D eigenvalue weighted by molar-refractivity contribution is -0.137. The van der Waals surface area contributed by atoms with Crippen molar-refractivity contribution < 1.29 is 27.5 Å². The van der Waals surface area contributed by atoms with Crippen LogP contribution >= 0.6 is 0 Å². The largest absolute Gasteiger partial charge is 0.497 e. The van der Waals surface area contributed by atoms with E-state index >= 15 is 0 Å². The van der Waals surface area contributed by atoms with Gasteiger partial charge in [-0.2, -0.15) is 0 Å². The number of oxazole rings is 1. The molecule has 0 spiro atoms. The minimum Gasteiger partial charge on any atom is -0.497 e. The molecule has 32 heavy (non-hydrogen) atoms. The van der Waals surface area contributed by atoms with Gasteiger partial charge in [-0.25, -0.2) is 13.8 Å². The molecule has 8 heteroatoms. The molecule has 1 aromatic heterocycles. The zero-order valence-electron chi connectivity index (χ0n) is 17.7. The number of likely N-dealkylation sites (tertiary alicyclic amines) is 1. The number of rotatable bonds is 7. The zero-order valence-corrected chi connectivity index (χ0v) is 17.7. The number of carbonyl (C=O) groups excluding carboxylic acids is 1. The number of hydrogen-bond donors (Lipinski definition) is 0. The maximum absolute atomic E-state index is 13.8. The van der Waals surface area contributed by atoms with Crippen molar-refractivity contribution in [2.45, 2.75) is 31.7 Å². The third-order valence-corrected chi connectivity index (χ3v) is 5.44. The molecule has 0 radical (unpaired) electrons. The Morgan fingerprint density at radius 2 is 2.09 bits per heavy atom. The van der Waals surface area contributed by atoms with Crippen molar-refractivity contribution in [3.8, 4) is 11.5 Å². The Kier molecular flexibility index (Phi) is 6.68. The van der Waals surface area contributed by atoms with Crippen molar-refractivity contribution >= 4 is 5.91 Å². The molecule has 1 aliphatic heterocycles. The first-order chi connectivity index (χ1) is 15.5. The van der Waals surface area contributed by atoms with E-state index < -0.39 is 11.6 Å². The molecule has 3 aromatic rings. The molecule has 0 saturated carbocycles. The van der Waals surface area contributed by atoms with Crippen molar-refractivity contribution in [1.82, 2.24) is 9.88 Å². The van der Waals surface area contributed by atoms with Gasteiger partial charge in [0.1, 0.15) is 23.4 Å². The van der Waals surface area contributed by atoms with Crippen molar-refractivity contribution in [2.24, 2.45) is 0 Å². The van der Waals surface area contributed by atoms with Crippen molar-refractivity contribution in [3.05, 3.63) is 77.5 Å². The van der Waals surface area contributed by atoms with Crippen LogP contribution in [0.1, 0.15) is 42.5 Å². The summed E-state index contributed by atoms with van der Waals surface area (Å²) in [6, 6.07) is 10.4. The van der Waals surface area contributed by atoms with E-state index in [0.29, 0.717) is 24.6 Å². The molecule has 1 saturated heterocycles. The molecule has 2 aromatic carbocycles. The third-order valence-electron chi connectivity index (χ3n) is 5.44. The summed E-state index contributed by atoms with van der Waals surface area (Å²) in [5, 5.41) is 0. The van der Waals surface area contributed by atoms with Crippen LogP contribution in [0.2, 0.25) is 0 Å². The van der Waals surface area contributed by atoms with Crippen LogP contribution in [0.3, 0.4) is 0 Å². The molecular weight excluding hydrogens is 418 g/mol. The van der Waals surface area contributed by atoms with Crippen molar-refractivity contribution in [2.75, 3.05) is 20.3 Å². The number of ether oxygens (including phenoxy) is 2. The van der Waals surface area contributed by atoms with E-state index in [0.717, 1.165) is 42.7 Å². The Morgan fingerprint density at radius 3 is 2.91 bits per heavy atom. The number of piperidine rings is 1. The number of aromatic nitrogens is 1. The van der Waals surface area contributed by atoms with Gasteiger partial charge in [0.05, 0.1) is 13.3 Å². The molecule has 4 rings (SSSR count). The summed E-state index contributed by atoms with van der Waals surface area (Å²) in [5.41, 5.74) is 1.03. The van der Waals surface area contributed by atoms with Crippen LogP contribution in [0.4, 0.5) is 8.78 Å². The lowest BCUT2D eigenvalue weighted by Gasteiger charge is -2.33. The highest BCUT2D eigenvalue weighted by atomic mass is 19.1. The first kappa shape index (κ1) is 21.8. The second-order valence-corrected chi connectivity index (χ2v) is 7.66. The molecule has 0 bridgehead atoms. The number of amides is 1. The molecular formula is C24H24F2N2O4. The van der Waals surface area contributed by atoms with E-state index in [9.17, 15) is 13.6 Å². The molecule has 2 heterocycles. The number of hydrogen-bond acceptors (Lipinski definition) is 5. The predicted octanol–water partition coefficient (Wildman–Crippen LogP) is 4.68. The molecule has 0 aliphatic carbocycles. The minimum atomic E-state index is -0.845. The summed E-state index contributed by atoms with van der Waals surface area (Å²) in [4.78, 5) is 18.9. The van der Waals surface area contributed by atoms with Crippen LogP contribution in [0.25, 0.3) is 0 Å². The van der Waals surface area contributed by atoms with Gasteiger partial charge in [0.15, 0.2) is 18.2 Å². The fraction of sp³-hybridized carbons (Fsp3) is 0.333. The number of methoxy groups -OCH3 is 1. The van der Waals surface area contributed by atoms with Crippen LogP contribution in [0.15, 0.2) is 53.1 Å². The Balaban J connectivity index is 1.43. The average Bonchev–Trinajstić information content (AvgIpc) is 3.26. The second-order valence-electron chi connectivity index (χ2n) is 7.66. The Labute approximate surface area is 184 Å². The number of benzene rings is 2. The standard InChI is InChI=1S/C24H24F2N2O4/c1-30-18-6-4-5-16(11-18)12-19-14-27-24(32-19)21-7-2-3-10-28(21)23(29)15-31-22-9-8-17(25)13-20(22)26/h4-6,8-9,11,13-14,21H,2-3,7,10,12,15H2,1H3/t21-/m1/s1. The summed E-state index contributed by atoms with van der Waals surface area (Å²) in [6.45, 7) is 0.183. The number of halogens is 2. The Morgan fingerprint density at radius 1 is 1.22 bits per heavy atom. The normalized spacial score (nSPS) is 16.1. The smallest absolute Gasteiger partial charge is 0.261 e. The minimum absolute atomic E-state index is 0.162. The van der Waals surface area contributed by atoms with E-state index in [1.165, 1.54) is 6.07 Å². The molecule has 0 N–H and O–H groups in total. The molecule has 1 aliphatic rings. The maximum atomic E-state index is 13.8. The predicted molar refractivity (Wildman–Crippen MR) is 112 cm³/mol. The maximum Gasteiger partial charge on any atom is 0.261 e. The highest BCUT2D eigenvalue weighted by molar-refractivity contribution is 5.78. The van der Waals surface area contributed by atoms with Gasteiger partial charge < -0.3 is 18.8 Å². The van der Waals surface area contributed by atoms with Gasteiger partial charge in [-0.15, -0.1) is 0 Å². The molecule has 6 nitrogen and oxygen atoms in total. The van der Waals surface area contributed by atoms with E-state index in [1.807, 2.05) is 24.3 Å². The van der Waals surface area contributed by atoms with Gasteiger partial charge in [-0.1, -0.05) is 12.1 Å². The summed E-state index contributed by atoms with van der Waals surface area (Å²) < 4.78 is 43.4. The molecule has 1 fully saturated rings.